The topological polar surface area (TPSA) is 60.5 Å². The number of piperidine rings is 1. The molecule has 6 heteroatoms. The largest absolute Gasteiger partial charge is 0.355 e. The summed E-state index contributed by atoms with van der Waals surface area (Å²) in [6.45, 7) is 14.3. The van der Waals surface area contributed by atoms with E-state index in [2.05, 4.69) is 45.6 Å². The quantitative estimate of drug-likeness (QED) is 0.586. The molecule has 0 spiro atoms. The fourth-order valence-electron chi connectivity index (χ4n) is 5.09. The first kappa shape index (κ1) is 21.9. The molecule has 3 saturated heterocycles. The summed E-state index contributed by atoms with van der Waals surface area (Å²) in [6, 6.07) is 5.00. The molecule has 0 radical (unpaired) electrons. The minimum absolute atomic E-state index is 0.281. The second kappa shape index (κ2) is 10.9. The van der Waals surface area contributed by atoms with E-state index in [1.165, 1.54) is 45.3 Å². The molecule has 29 heavy (non-hydrogen) atoms. The molecule has 3 heterocycles. The van der Waals surface area contributed by atoms with Crippen molar-refractivity contribution in [1.29, 1.82) is 10.5 Å². The zero-order valence-electron chi connectivity index (χ0n) is 18.4. The van der Waals surface area contributed by atoms with E-state index in [0.717, 1.165) is 63.8 Å². The maximum atomic E-state index is 9.51. The van der Waals surface area contributed by atoms with E-state index in [-0.39, 0.29) is 5.57 Å². The van der Waals surface area contributed by atoms with Crippen LogP contribution in [-0.2, 0) is 0 Å². The summed E-state index contributed by atoms with van der Waals surface area (Å²) in [4.78, 5) is 9.72. The van der Waals surface area contributed by atoms with Crippen molar-refractivity contribution in [1.82, 2.24) is 19.6 Å². The average Bonchev–Trinajstić information content (AvgIpc) is 3.31. The predicted octanol–water partition coefficient (Wildman–Crippen LogP) is 2.86. The second-order valence-electron chi connectivity index (χ2n) is 9.15. The molecule has 0 aliphatic carbocycles. The van der Waals surface area contributed by atoms with Crippen LogP contribution in [0, 0.1) is 28.6 Å². The number of hydrogen-bond donors (Lipinski definition) is 0. The average molecular weight is 399 g/mol. The minimum Gasteiger partial charge on any atom is -0.355 e. The van der Waals surface area contributed by atoms with Gasteiger partial charge in [-0.05, 0) is 77.5 Å². The van der Waals surface area contributed by atoms with Crippen LogP contribution in [0.15, 0.2) is 11.4 Å². The SMILES string of the molecule is CC1CCN(CCCN2CCN(CCCN3CCCC3C)C2=C(C#N)C#N)CC1. The van der Waals surface area contributed by atoms with E-state index in [4.69, 9.17) is 0 Å². The van der Waals surface area contributed by atoms with Gasteiger partial charge in [-0.1, -0.05) is 6.92 Å². The number of allylic oxidation sites excluding steroid dienone is 1. The fourth-order valence-corrected chi connectivity index (χ4v) is 5.09. The van der Waals surface area contributed by atoms with Gasteiger partial charge in [-0.3, -0.25) is 0 Å². The molecule has 160 valence electrons. The lowest BCUT2D eigenvalue weighted by atomic mass is 9.99. The molecule has 0 saturated carbocycles. The van der Waals surface area contributed by atoms with Gasteiger partial charge in [0.1, 0.15) is 18.0 Å². The van der Waals surface area contributed by atoms with Gasteiger partial charge < -0.3 is 19.6 Å². The molecule has 3 aliphatic rings. The predicted molar refractivity (Wildman–Crippen MR) is 116 cm³/mol. The van der Waals surface area contributed by atoms with Gasteiger partial charge in [-0.25, -0.2) is 0 Å². The van der Waals surface area contributed by atoms with Crippen molar-refractivity contribution in [2.24, 2.45) is 5.92 Å². The highest BCUT2D eigenvalue weighted by Gasteiger charge is 2.28. The summed E-state index contributed by atoms with van der Waals surface area (Å²) in [5, 5.41) is 19.0. The van der Waals surface area contributed by atoms with Gasteiger partial charge in [0.25, 0.3) is 0 Å². The van der Waals surface area contributed by atoms with E-state index in [9.17, 15) is 10.5 Å². The van der Waals surface area contributed by atoms with Crippen LogP contribution in [-0.4, -0.2) is 84.5 Å². The zero-order chi connectivity index (χ0) is 20.6. The van der Waals surface area contributed by atoms with Gasteiger partial charge in [-0.2, -0.15) is 10.5 Å². The second-order valence-corrected chi connectivity index (χ2v) is 9.15. The van der Waals surface area contributed by atoms with Crippen molar-refractivity contribution in [2.45, 2.75) is 58.4 Å². The molecule has 6 nitrogen and oxygen atoms in total. The van der Waals surface area contributed by atoms with Crippen LogP contribution in [0.1, 0.15) is 52.4 Å². The molecule has 0 aromatic heterocycles. The van der Waals surface area contributed by atoms with Gasteiger partial charge in [0.05, 0.1) is 0 Å². The van der Waals surface area contributed by atoms with Crippen LogP contribution in [0.2, 0.25) is 0 Å². The summed E-state index contributed by atoms with van der Waals surface area (Å²) < 4.78 is 0. The van der Waals surface area contributed by atoms with Crippen LogP contribution in [0.5, 0.6) is 0 Å². The Morgan fingerprint density at radius 3 is 2.00 bits per heavy atom. The number of nitriles is 2. The van der Waals surface area contributed by atoms with E-state index in [1.807, 2.05) is 0 Å². The summed E-state index contributed by atoms with van der Waals surface area (Å²) in [5.41, 5.74) is 0.281. The number of rotatable bonds is 8. The van der Waals surface area contributed by atoms with Crippen LogP contribution in [0.4, 0.5) is 0 Å². The fraction of sp³-hybridized carbons (Fsp3) is 0.826. The first-order valence-corrected chi connectivity index (χ1v) is 11.6. The van der Waals surface area contributed by atoms with Crippen LogP contribution >= 0.6 is 0 Å². The van der Waals surface area contributed by atoms with Crippen LogP contribution in [0.3, 0.4) is 0 Å². The van der Waals surface area contributed by atoms with Crippen molar-refractivity contribution in [3.63, 3.8) is 0 Å². The summed E-state index contributed by atoms with van der Waals surface area (Å²) in [5.74, 6) is 1.75. The number of likely N-dealkylation sites (tertiary alicyclic amines) is 2. The molecule has 0 amide bonds. The highest BCUT2D eigenvalue weighted by Crippen LogP contribution is 2.24. The highest BCUT2D eigenvalue weighted by atomic mass is 15.4. The third kappa shape index (κ3) is 5.87. The Kier molecular flexibility index (Phi) is 8.21. The minimum atomic E-state index is 0.281. The number of hydrogen-bond acceptors (Lipinski definition) is 6. The molecular formula is C23H38N6. The summed E-state index contributed by atoms with van der Waals surface area (Å²) in [6.07, 6.45) is 7.44. The number of nitrogens with zero attached hydrogens (tertiary/aromatic N) is 6. The monoisotopic (exact) mass is 398 g/mol. The molecule has 0 N–H and O–H groups in total. The first-order valence-electron chi connectivity index (χ1n) is 11.6. The van der Waals surface area contributed by atoms with E-state index in [0.29, 0.717) is 6.04 Å². The van der Waals surface area contributed by atoms with E-state index < -0.39 is 0 Å². The standard InChI is InChI=1S/C23H38N6/c1-20-7-14-26(15-8-20)9-4-12-28-16-17-29(23(28)22(18-24)19-25)13-5-11-27-10-3-6-21(27)2/h20-21H,3-17H2,1-2H3. The van der Waals surface area contributed by atoms with Crippen molar-refractivity contribution >= 4 is 0 Å². The maximum Gasteiger partial charge on any atom is 0.169 e. The van der Waals surface area contributed by atoms with Gasteiger partial charge in [0.2, 0.25) is 0 Å². The summed E-state index contributed by atoms with van der Waals surface area (Å²) >= 11 is 0. The van der Waals surface area contributed by atoms with Crippen molar-refractivity contribution in [3.05, 3.63) is 11.4 Å². The Morgan fingerprint density at radius 1 is 0.828 bits per heavy atom. The van der Waals surface area contributed by atoms with Crippen molar-refractivity contribution in [3.8, 4) is 12.1 Å². The molecule has 0 aromatic carbocycles. The molecule has 0 bridgehead atoms. The first-order chi connectivity index (χ1) is 14.1. The zero-order valence-corrected chi connectivity index (χ0v) is 18.4. The lowest BCUT2D eigenvalue weighted by molar-refractivity contribution is 0.183. The Labute approximate surface area is 177 Å². The molecule has 1 atom stereocenters. The molecule has 3 rings (SSSR count). The maximum absolute atomic E-state index is 9.51. The molecule has 0 aromatic rings. The Balaban J connectivity index is 1.50. The van der Waals surface area contributed by atoms with Crippen LogP contribution in [0.25, 0.3) is 0 Å². The smallest absolute Gasteiger partial charge is 0.169 e. The van der Waals surface area contributed by atoms with Gasteiger partial charge >= 0.3 is 0 Å². The third-order valence-electron chi connectivity index (χ3n) is 7.03. The molecule has 3 aliphatic heterocycles. The third-order valence-corrected chi connectivity index (χ3v) is 7.03. The van der Waals surface area contributed by atoms with E-state index >= 15 is 0 Å². The molecular weight excluding hydrogens is 360 g/mol. The van der Waals surface area contributed by atoms with Crippen LogP contribution < -0.4 is 0 Å². The molecule has 3 fully saturated rings. The highest BCUT2D eigenvalue weighted by molar-refractivity contribution is 5.40. The molecule has 1 unspecified atom stereocenters. The lowest BCUT2D eigenvalue weighted by Crippen LogP contribution is -2.35. The van der Waals surface area contributed by atoms with E-state index in [1.54, 1.807) is 0 Å². The normalized spacial score (nSPS) is 24.1. The lowest BCUT2D eigenvalue weighted by Gasteiger charge is -2.31. The van der Waals surface area contributed by atoms with Gasteiger partial charge in [-0.15, -0.1) is 0 Å². The van der Waals surface area contributed by atoms with Gasteiger partial charge in [0, 0.05) is 38.8 Å². The van der Waals surface area contributed by atoms with Crippen molar-refractivity contribution in [2.75, 3.05) is 58.9 Å². The Bertz CT molecular complexity index is 621. The summed E-state index contributed by atoms with van der Waals surface area (Å²) in [7, 11) is 0. The Hall–Kier alpha value is -1.76. The Morgan fingerprint density at radius 2 is 1.45 bits per heavy atom. The van der Waals surface area contributed by atoms with Crippen molar-refractivity contribution < 1.29 is 0 Å². The van der Waals surface area contributed by atoms with Gasteiger partial charge in [0.15, 0.2) is 5.57 Å².